The Morgan fingerprint density at radius 1 is 1.50 bits per heavy atom. The summed E-state index contributed by atoms with van der Waals surface area (Å²) in [5, 5.41) is -0.725. The van der Waals surface area contributed by atoms with Crippen molar-refractivity contribution in [2.24, 2.45) is 5.92 Å². The number of nitrogens with zero attached hydrogens (tertiary/aromatic N) is 2. The fourth-order valence-corrected chi connectivity index (χ4v) is 4.14. The minimum absolute atomic E-state index is 0.0925. The summed E-state index contributed by atoms with van der Waals surface area (Å²) >= 11 is 0. The zero-order valence-corrected chi connectivity index (χ0v) is 12.0. The molecule has 0 amide bonds. The number of hydrogen-bond acceptors (Lipinski definition) is 6. The summed E-state index contributed by atoms with van der Waals surface area (Å²) in [6, 6.07) is 1.63. The third kappa shape index (κ3) is 3.31. The second-order valence-electron chi connectivity index (χ2n) is 4.67. The molecule has 7 nitrogen and oxygen atoms in total. The summed E-state index contributed by atoms with van der Waals surface area (Å²) in [6.07, 6.45) is 4.63. The molecule has 0 aromatic carbocycles. The molecule has 2 atom stereocenters. The van der Waals surface area contributed by atoms with Gasteiger partial charge in [0, 0.05) is 6.20 Å². The van der Waals surface area contributed by atoms with Crippen LogP contribution in [-0.2, 0) is 26.1 Å². The van der Waals surface area contributed by atoms with Gasteiger partial charge in [-0.25, -0.2) is 23.1 Å². The topological polar surface area (TPSA) is 98.2 Å². The zero-order chi connectivity index (χ0) is 14.6. The van der Waals surface area contributed by atoms with Gasteiger partial charge in [-0.05, 0) is 18.9 Å². The van der Waals surface area contributed by atoms with E-state index < -0.39 is 27.2 Å². The fourth-order valence-electron chi connectivity index (χ4n) is 2.42. The van der Waals surface area contributed by atoms with Crippen molar-refractivity contribution in [2.75, 3.05) is 7.11 Å². The van der Waals surface area contributed by atoms with Crippen molar-refractivity contribution >= 4 is 16.0 Å². The van der Waals surface area contributed by atoms with Gasteiger partial charge in [0.05, 0.1) is 30.5 Å². The Labute approximate surface area is 117 Å². The molecule has 0 aliphatic heterocycles. The molecule has 8 heteroatoms. The molecule has 0 spiro atoms. The van der Waals surface area contributed by atoms with Gasteiger partial charge in [0.1, 0.15) is 6.33 Å². The van der Waals surface area contributed by atoms with Gasteiger partial charge in [-0.2, -0.15) is 0 Å². The third-order valence-electron chi connectivity index (χ3n) is 3.45. The first-order valence-electron chi connectivity index (χ1n) is 6.36. The van der Waals surface area contributed by atoms with Crippen molar-refractivity contribution in [3.8, 4) is 0 Å². The molecule has 0 saturated heterocycles. The number of aromatic nitrogens is 2. The van der Waals surface area contributed by atoms with E-state index in [-0.39, 0.29) is 6.54 Å². The van der Waals surface area contributed by atoms with Crippen LogP contribution < -0.4 is 4.72 Å². The van der Waals surface area contributed by atoms with Crippen LogP contribution in [0.15, 0.2) is 18.6 Å². The van der Waals surface area contributed by atoms with E-state index in [0.717, 1.165) is 0 Å². The maximum Gasteiger partial charge on any atom is 0.310 e. The Morgan fingerprint density at radius 3 is 2.95 bits per heavy atom. The smallest absolute Gasteiger partial charge is 0.310 e. The molecular weight excluding hydrogens is 282 g/mol. The van der Waals surface area contributed by atoms with E-state index in [1.807, 2.05) is 0 Å². The van der Waals surface area contributed by atoms with Crippen molar-refractivity contribution in [1.82, 2.24) is 14.7 Å². The number of esters is 1. The molecule has 0 radical (unpaired) electrons. The third-order valence-corrected chi connectivity index (χ3v) is 5.36. The van der Waals surface area contributed by atoms with E-state index in [4.69, 9.17) is 0 Å². The Bertz CT molecular complexity index is 561. The summed E-state index contributed by atoms with van der Waals surface area (Å²) in [6.45, 7) is 0.0925. The van der Waals surface area contributed by atoms with Crippen molar-refractivity contribution in [3.05, 3.63) is 24.3 Å². The van der Waals surface area contributed by atoms with Crippen LogP contribution in [0.4, 0.5) is 0 Å². The van der Waals surface area contributed by atoms with Crippen LogP contribution in [-0.4, -0.2) is 36.7 Å². The minimum atomic E-state index is -3.57. The maximum absolute atomic E-state index is 12.3. The predicted molar refractivity (Wildman–Crippen MR) is 70.9 cm³/mol. The zero-order valence-electron chi connectivity index (χ0n) is 11.2. The SMILES string of the molecule is COC(=O)C1CCCC1S(=O)(=O)NCc1ccncn1. The van der Waals surface area contributed by atoms with Crippen LogP contribution in [0, 0.1) is 5.92 Å². The lowest BCUT2D eigenvalue weighted by Gasteiger charge is -2.18. The van der Waals surface area contributed by atoms with Crippen LogP contribution in [0.25, 0.3) is 0 Å². The second kappa shape index (κ2) is 6.27. The Kier molecular flexibility index (Phi) is 4.66. The lowest BCUT2D eigenvalue weighted by atomic mass is 10.1. The number of hydrogen-bond donors (Lipinski definition) is 1. The summed E-state index contributed by atoms with van der Waals surface area (Å²) < 4.78 is 31.7. The van der Waals surface area contributed by atoms with Crippen molar-refractivity contribution < 1.29 is 17.9 Å². The summed E-state index contributed by atoms with van der Waals surface area (Å²) in [5.41, 5.74) is 0.580. The van der Waals surface area contributed by atoms with Gasteiger partial charge in [0.15, 0.2) is 0 Å². The van der Waals surface area contributed by atoms with Gasteiger partial charge in [-0.1, -0.05) is 6.42 Å². The van der Waals surface area contributed by atoms with E-state index >= 15 is 0 Å². The molecule has 110 valence electrons. The number of nitrogens with one attached hydrogen (secondary N) is 1. The Morgan fingerprint density at radius 2 is 2.30 bits per heavy atom. The number of ether oxygens (including phenoxy) is 1. The number of carbonyl (C=O) groups excluding carboxylic acids is 1. The summed E-state index contributed by atoms with van der Waals surface area (Å²) in [7, 11) is -2.30. The molecular formula is C12H17N3O4S. The van der Waals surface area contributed by atoms with Crippen LogP contribution in [0.5, 0.6) is 0 Å². The largest absolute Gasteiger partial charge is 0.469 e. The molecule has 1 N–H and O–H groups in total. The average molecular weight is 299 g/mol. The highest BCUT2D eigenvalue weighted by Crippen LogP contribution is 2.31. The number of carbonyl (C=O) groups is 1. The molecule has 1 saturated carbocycles. The lowest BCUT2D eigenvalue weighted by molar-refractivity contribution is -0.145. The van der Waals surface area contributed by atoms with Crippen LogP contribution in [0.2, 0.25) is 0 Å². The van der Waals surface area contributed by atoms with Crippen LogP contribution in [0.1, 0.15) is 25.0 Å². The molecule has 0 bridgehead atoms. The molecule has 1 heterocycles. The van der Waals surface area contributed by atoms with Crippen molar-refractivity contribution in [1.29, 1.82) is 0 Å². The van der Waals surface area contributed by atoms with Crippen molar-refractivity contribution in [2.45, 2.75) is 31.1 Å². The van der Waals surface area contributed by atoms with E-state index in [1.165, 1.54) is 13.4 Å². The van der Waals surface area contributed by atoms with Gasteiger partial charge >= 0.3 is 5.97 Å². The van der Waals surface area contributed by atoms with Crippen LogP contribution >= 0.6 is 0 Å². The van der Waals surface area contributed by atoms with Gasteiger partial charge < -0.3 is 4.74 Å². The van der Waals surface area contributed by atoms with Gasteiger partial charge in [-0.3, -0.25) is 4.79 Å². The fraction of sp³-hybridized carbons (Fsp3) is 0.583. The lowest BCUT2D eigenvalue weighted by Crippen LogP contribution is -2.39. The van der Waals surface area contributed by atoms with E-state index in [9.17, 15) is 13.2 Å². The molecule has 1 aromatic rings. The molecule has 1 aliphatic carbocycles. The monoisotopic (exact) mass is 299 g/mol. The normalized spacial score (nSPS) is 22.6. The van der Waals surface area contributed by atoms with Gasteiger partial charge in [0.2, 0.25) is 10.0 Å². The van der Waals surface area contributed by atoms with Gasteiger partial charge in [-0.15, -0.1) is 0 Å². The highest BCUT2D eigenvalue weighted by molar-refractivity contribution is 7.90. The van der Waals surface area contributed by atoms with Crippen molar-refractivity contribution in [3.63, 3.8) is 0 Å². The molecule has 2 rings (SSSR count). The highest BCUT2D eigenvalue weighted by Gasteiger charge is 2.42. The molecule has 2 unspecified atom stereocenters. The second-order valence-corrected chi connectivity index (χ2v) is 6.65. The summed E-state index contributed by atoms with van der Waals surface area (Å²) in [5.74, 6) is -1.04. The number of methoxy groups -OCH3 is 1. The predicted octanol–water partition coefficient (Wildman–Crippen LogP) is 0.238. The minimum Gasteiger partial charge on any atom is -0.469 e. The number of rotatable bonds is 5. The summed E-state index contributed by atoms with van der Waals surface area (Å²) in [4.78, 5) is 19.3. The highest BCUT2D eigenvalue weighted by atomic mass is 32.2. The van der Waals surface area contributed by atoms with Crippen LogP contribution in [0.3, 0.4) is 0 Å². The molecule has 1 fully saturated rings. The Balaban J connectivity index is 2.04. The first-order valence-corrected chi connectivity index (χ1v) is 7.90. The number of sulfonamides is 1. The quantitative estimate of drug-likeness (QED) is 0.782. The van der Waals surface area contributed by atoms with E-state index in [0.29, 0.717) is 25.0 Å². The maximum atomic E-state index is 12.3. The molecule has 1 aliphatic rings. The standard InChI is InChI=1S/C12H17N3O4S/c1-19-12(16)10-3-2-4-11(10)20(17,18)15-7-9-5-6-13-8-14-9/h5-6,8,10-11,15H,2-4,7H2,1H3. The molecule has 20 heavy (non-hydrogen) atoms. The van der Waals surface area contributed by atoms with E-state index in [2.05, 4.69) is 19.4 Å². The first kappa shape index (κ1) is 14.9. The average Bonchev–Trinajstić information content (AvgIpc) is 2.96. The Hall–Kier alpha value is -1.54. The first-order chi connectivity index (χ1) is 9.54. The van der Waals surface area contributed by atoms with Gasteiger partial charge in [0.25, 0.3) is 0 Å². The van der Waals surface area contributed by atoms with E-state index in [1.54, 1.807) is 12.3 Å². The molecule has 1 aromatic heterocycles.